The highest BCUT2D eigenvalue weighted by Gasteiger charge is 1.99. The SMILES string of the molecule is Cl.Fc1ccc(CNCc2ccc(OCc3cccs3)cc2)cc1. The van der Waals surface area contributed by atoms with Gasteiger partial charge in [-0.05, 0) is 46.8 Å². The van der Waals surface area contributed by atoms with Crippen LogP contribution >= 0.6 is 23.7 Å². The van der Waals surface area contributed by atoms with Gasteiger partial charge in [-0.15, -0.1) is 23.7 Å². The molecule has 2 nitrogen and oxygen atoms in total. The molecule has 24 heavy (non-hydrogen) atoms. The van der Waals surface area contributed by atoms with Gasteiger partial charge in [0.25, 0.3) is 0 Å². The van der Waals surface area contributed by atoms with Gasteiger partial charge in [0.15, 0.2) is 0 Å². The molecule has 0 unspecified atom stereocenters. The van der Waals surface area contributed by atoms with E-state index in [9.17, 15) is 4.39 Å². The van der Waals surface area contributed by atoms with Crippen LogP contribution in [0, 0.1) is 5.82 Å². The molecule has 0 bridgehead atoms. The lowest BCUT2D eigenvalue weighted by molar-refractivity contribution is 0.309. The third-order valence-corrected chi connectivity index (χ3v) is 4.31. The number of hydrogen-bond acceptors (Lipinski definition) is 3. The van der Waals surface area contributed by atoms with E-state index in [2.05, 4.69) is 28.9 Å². The van der Waals surface area contributed by atoms with Crippen molar-refractivity contribution in [2.75, 3.05) is 0 Å². The van der Waals surface area contributed by atoms with Crippen LogP contribution in [-0.4, -0.2) is 0 Å². The van der Waals surface area contributed by atoms with Gasteiger partial charge in [0.05, 0.1) is 0 Å². The number of rotatable bonds is 7. The van der Waals surface area contributed by atoms with Crippen LogP contribution < -0.4 is 10.1 Å². The molecule has 0 aliphatic rings. The van der Waals surface area contributed by atoms with Crippen LogP contribution in [0.2, 0.25) is 0 Å². The van der Waals surface area contributed by atoms with Crippen LogP contribution in [-0.2, 0) is 19.7 Å². The van der Waals surface area contributed by atoms with Crippen molar-refractivity contribution >= 4 is 23.7 Å². The first kappa shape index (κ1) is 18.5. The van der Waals surface area contributed by atoms with E-state index in [1.807, 2.05) is 18.2 Å². The molecular weight excluding hydrogens is 345 g/mol. The predicted octanol–water partition coefficient (Wildman–Crippen LogP) is 5.18. The van der Waals surface area contributed by atoms with Crippen molar-refractivity contribution < 1.29 is 9.13 Å². The minimum Gasteiger partial charge on any atom is -0.488 e. The van der Waals surface area contributed by atoms with Gasteiger partial charge in [-0.1, -0.05) is 30.3 Å². The average molecular weight is 364 g/mol. The fourth-order valence-corrected chi connectivity index (χ4v) is 2.82. The predicted molar refractivity (Wildman–Crippen MR) is 99.3 cm³/mol. The molecule has 0 atom stereocenters. The molecule has 0 fully saturated rings. The first-order chi connectivity index (χ1) is 11.3. The Bertz CT molecular complexity index is 714. The van der Waals surface area contributed by atoms with Gasteiger partial charge in [0.1, 0.15) is 18.2 Å². The maximum Gasteiger partial charge on any atom is 0.123 e. The summed E-state index contributed by atoms with van der Waals surface area (Å²) >= 11 is 1.70. The molecule has 0 amide bonds. The van der Waals surface area contributed by atoms with Crippen molar-refractivity contribution in [1.82, 2.24) is 5.32 Å². The number of halogens is 2. The lowest BCUT2D eigenvalue weighted by Crippen LogP contribution is -2.12. The third kappa shape index (κ3) is 5.64. The van der Waals surface area contributed by atoms with Crippen molar-refractivity contribution in [2.24, 2.45) is 0 Å². The summed E-state index contributed by atoms with van der Waals surface area (Å²) in [6.45, 7) is 2.10. The molecule has 0 saturated carbocycles. The van der Waals surface area contributed by atoms with Gasteiger partial charge in [0, 0.05) is 18.0 Å². The Hall–Kier alpha value is -1.88. The second-order valence-corrected chi connectivity index (χ2v) is 6.27. The molecule has 1 heterocycles. The highest BCUT2D eigenvalue weighted by atomic mass is 35.5. The second kappa shape index (κ2) is 9.42. The van der Waals surface area contributed by atoms with Crippen molar-refractivity contribution in [1.29, 1.82) is 0 Å². The smallest absolute Gasteiger partial charge is 0.123 e. The zero-order valence-electron chi connectivity index (χ0n) is 13.1. The van der Waals surface area contributed by atoms with Crippen molar-refractivity contribution in [3.63, 3.8) is 0 Å². The van der Waals surface area contributed by atoms with Gasteiger partial charge in [-0.3, -0.25) is 0 Å². The van der Waals surface area contributed by atoms with E-state index in [0.717, 1.165) is 24.4 Å². The van der Waals surface area contributed by atoms with E-state index < -0.39 is 0 Å². The molecule has 3 rings (SSSR count). The Balaban J connectivity index is 0.00000208. The minimum atomic E-state index is -0.202. The zero-order chi connectivity index (χ0) is 15.9. The molecule has 3 aromatic rings. The summed E-state index contributed by atoms with van der Waals surface area (Å²) < 4.78 is 18.6. The zero-order valence-corrected chi connectivity index (χ0v) is 14.7. The van der Waals surface area contributed by atoms with Crippen LogP contribution in [0.5, 0.6) is 5.75 Å². The Labute approximate surface area is 151 Å². The fraction of sp³-hybridized carbons (Fsp3) is 0.158. The standard InChI is InChI=1S/C19H18FNOS.ClH/c20-17-7-3-15(4-8-17)12-21-13-16-5-9-18(10-6-16)22-14-19-2-1-11-23-19;/h1-11,21H,12-14H2;1H. The summed E-state index contributed by atoms with van der Waals surface area (Å²) in [6.07, 6.45) is 0. The first-order valence-corrected chi connectivity index (χ1v) is 8.37. The van der Waals surface area contributed by atoms with Crippen LogP contribution in [0.15, 0.2) is 66.0 Å². The van der Waals surface area contributed by atoms with E-state index in [1.165, 1.54) is 22.6 Å². The van der Waals surface area contributed by atoms with E-state index >= 15 is 0 Å². The molecule has 0 aliphatic heterocycles. The average Bonchev–Trinajstić information content (AvgIpc) is 3.09. The monoisotopic (exact) mass is 363 g/mol. The maximum absolute atomic E-state index is 12.8. The van der Waals surface area contributed by atoms with Gasteiger partial charge < -0.3 is 10.1 Å². The molecular formula is C19H19ClFNOS. The first-order valence-electron chi connectivity index (χ1n) is 7.49. The van der Waals surface area contributed by atoms with Crippen LogP contribution in [0.1, 0.15) is 16.0 Å². The number of ether oxygens (including phenoxy) is 1. The van der Waals surface area contributed by atoms with Crippen molar-refractivity contribution in [3.8, 4) is 5.75 Å². The summed E-state index contributed by atoms with van der Waals surface area (Å²) in [5, 5.41) is 5.40. The molecule has 0 aliphatic carbocycles. The lowest BCUT2D eigenvalue weighted by atomic mass is 10.2. The molecule has 2 aromatic carbocycles. The molecule has 0 radical (unpaired) electrons. The van der Waals surface area contributed by atoms with Crippen LogP contribution in [0.25, 0.3) is 0 Å². The van der Waals surface area contributed by atoms with Crippen molar-refractivity contribution in [2.45, 2.75) is 19.7 Å². The van der Waals surface area contributed by atoms with E-state index in [-0.39, 0.29) is 18.2 Å². The second-order valence-electron chi connectivity index (χ2n) is 5.24. The highest BCUT2D eigenvalue weighted by molar-refractivity contribution is 7.09. The largest absolute Gasteiger partial charge is 0.488 e. The normalized spacial score (nSPS) is 10.2. The summed E-state index contributed by atoms with van der Waals surface area (Å²) in [7, 11) is 0. The van der Waals surface area contributed by atoms with Gasteiger partial charge in [-0.2, -0.15) is 0 Å². The summed E-state index contributed by atoms with van der Waals surface area (Å²) in [5.41, 5.74) is 2.26. The Morgan fingerprint density at radius 2 is 1.50 bits per heavy atom. The molecule has 0 saturated heterocycles. The Kier molecular flexibility index (Phi) is 7.25. The minimum absolute atomic E-state index is 0. The molecule has 1 N–H and O–H groups in total. The van der Waals surface area contributed by atoms with E-state index in [0.29, 0.717) is 6.61 Å². The third-order valence-electron chi connectivity index (χ3n) is 3.46. The van der Waals surface area contributed by atoms with Crippen molar-refractivity contribution in [3.05, 3.63) is 87.9 Å². The van der Waals surface area contributed by atoms with Gasteiger partial charge in [0.2, 0.25) is 0 Å². The van der Waals surface area contributed by atoms with E-state index in [4.69, 9.17) is 4.74 Å². The summed E-state index contributed by atoms with van der Waals surface area (Å²) in [6, 6.07) is 18.7. The quantitative estimate of drug-likeness (QED) is 0.624. The number of benzene rings is 2. The van der Waals surface area contributed by atoms with Gasteiger partial charge in [-0.25, -0.2) is 4.39 Å². The Morgan fingerprint density at radius 1 is 0.875 bits per heavy atom. The van der Waals surface area contributed by atoms with E-state index in [1.54, 1.807) is 23.5 Å². The van der Waals surface area contributed by atoms with Gasteiger partial charge >= 0.3 is 0 Å². The van der Waals surface area contributed by atoms with Crippen LogP contribution in [0.3, 0.4) is 0 Å². The molecule has 126 valence electrons. The number of thiophene rings is 1. The lowest BCUT2D eigenvalue weighted by Gasteiger charge is -2.08. The highest BCUT2D eigenvalue weighted by Crippen LogP contribution is 2.16. The summed E-state index contributed by atoms with van der Waals surface area (Å²) in [5.74, 6) is 0.674. The maximum atomic E-state index is 12.8. The molecule has 1 aromatic heterocycles. The Morgan fingerprint density at radius 3 is 2.08 bits per heavy atom. The number of hydrogen-bond donors (Lipinski definition) is 1. The van der Waals surface area contributed by atoms with Crippen LogP contribution in [0.4, 0.5) is 4.39 Å². The topological polar surface area (TPSA) is 21.3 Å². The fourth-order valence-electron chi connectivity index (χ4n) is 2.21. The molecule has 0 spiro atoms. The summed E-state index contributed by atoms with van der Waals surface area (Å²) in [4.78, 5) is 1.22. The molecule has 5 heteroatoms. The number of nitrogens with one attached hydrogen (secondary N) is 1.